The first-order valence-electron chi connectivity index (χ1n) is 6.66. The summed E-state index contributed by atoms with van der Waals surface area (Å²) in [4.78, 5) is 16.2. The van der Waals surface area contributed by atoms with Gasteiger partial charge in [0.2, 0.25) is 5.91 Å². The van der Waals surface area contributed by atoms with Gasteiger partial charge in [-0.25, -0.2) is 0 Å². The number of amides is 1. The summed E-state index contributed by atoms with van der Waals surface area (Å²) in [5.74, 6) is 0.0520. The average molecular weight is 262 g/mol. The number of rotatable bonds is 4. The molecule has 5 nitrogen and oxygen atoms in total. The maximum atomic E-state index is 12.1. The predicted octanol–water partition coefficient (Wildman–Crippen LogP) is 0.596. The molecule has 0 unspecified atom stereocenters. The van der Waals surface area contributed by atoms with Crippen molar-refractivity contribution in [3.63, 3.8) is 0 Å². The van der Waals surface area contributed by atoms with Crippen LogP contribution in [0.2, 0.25) is 0 Å². The zero-order valence-electron chi connectivity index (χ0n) is 11.6. The van der Waals surface area contributed by atoms with Gasteiger partial charge in [0.25, 0.3) is 0 Å². The third-order valence-corrected chi connectivity index (χ3v) is 3.24. The third-order valence-electron chi connectivity index (χ3n) is 3.24. The molecule has 0 saturated carbocycles. The molecule has 1 aliphatic heterocycles. The summed E-state index contributed by atoms with van der Waals surface area (Å²) in [6, 6.07) is 7.85. The van der Waals surface area contributed by atoms with Crippen molar-refractivity contribution in [1.82, 2.24) is 10.2 Å². The molecule has 1 fully saturated rings. The van der Waals surface area contributed by atoms with E-state index in [-0.39, 0.29) is 5.91 Å². The lowest BCUT2D eigenvalue weighted by Gasteiger charge is -2.26. The van der Waals surface area contributed by atoms with Gasteiger partial charge in [-0.15, -0.1) is 0 Å². The van der Waals surface area contributed by atoms with Gasteiger partial charge in [-0.3, -0.25) is 9.69 Å². The van der Waals surface area contributed by atoms with Crippen molar-refractivity contribution < 1.29 is 4.79 Å². The molecule has 2 rings (SSSR count). The molecule has 5 heteroatoms. The Morgan fingerprint density at radius 3 is 2.68 bits per heavy atom. The zero-order chi connectivity index (χ0) is 13.7. The summed E-state index contributed by atoms with van der Waals surface area (Å²) in [5.41, 5.74) is 1.89. The van der Waals surface area contributed by atoms with E-state index in [0.717, 1.165) is 37.6 Å². The molecule has 2 N–H and O–H groups in total. The van der Waals surface area contributed by atoms with Crippen molar-refractivity contribution >= 4 is 17.3 Å². The molecule has 0 aromatic heterocycles. The lowest BCUT2D eigenvalue weighted by atomic mass is 10.2. The van der Waals surface area contributed by atoms with E-state index in [0.29, 0.717) is 6.54 Å². The molecule has 1 aliphatic rings. The molecule has 1 aromatic carbocycles. The zero-order valence-corrected chi connectivity index (χ0v) is 11.6. The van der Waals surface area contributed by atoms with Crippen molar-refractivity contribution in [1.29, 1.82) is 0 Å². The summed E-state index contributed by atoms with van der Waals surface area (Å²) in [5, 5.41) is 6.28. The molecule has 0 bridgehead atoms. The van der Waals surface area contributed by atoms with Crippen molar-refractivity contribution in [3.8, 4) is 0 Å². The Kier molecular flexibility index (Phi) is 4.76. The van der Waals surface area contributed by atoms with E-state index in [9.17, 15) is 4.79 Å². The van der Waals surface area contributed by atoms with Crippen LogP contribution in [0.5, 0.6) is 0 Å². The molecule has 104 valence electrons. The Labute approximate surface area is 114 Å². The minimum absolute atomic E-state index is 0.0520. The smallest absolute Gasteiger partial charge is 0.238 e. The molecular formula is C14H22N4O. The Balaban J connectivity index is 1.94. The molecular weight excluding hydrogens is 240 g/mol. The number of carbonyl (C=O) groups is 1. The van der Waals surface area contributed by atoms with Crippen molar-refractivity contribution in [2.75, 3.05) is 57.0 Å². The number of hydrogen-bond donors (Lipinski definition) is 2. The van der Waals surface area contributed by atoms with Gasteiger partial charge in [-0.2, -0.15) is 0 Å². The molecule has 1 saturated heterocycles. The van der Waals surface area contributed by atoms with E-state index < -0.39 is 0 Å². The van der Waals surface area contributed by atoms with Gasteiger partial charge in [0.05, 0.1) is 17.9 Å². The van der Waals surface area contributed by atoms with Crippen LogP contribution in [0.1, 0.15) is 0 Å². The molecule has 0 spiro atoms. The van der Waals surface area contributed by atoms with Crippen LogP contribution in [-0.2, 0) is 4.79 Å². The second kappa shape index (κ2) is 6.54. The van der Waals surface area contributed by atoms with Gasteiger partial charge in [0, 0.05) is 40.3 Å². The van der Waals surface area contributed by atoms with E-state index in [2.05, 4.69) is 15.5 Å². The topological polar surface area (TPSA) is 47.6 Å². The van der Waals surface area contributed by atoms with Crippen LogP contribution in [0.4, 0.5) is 11.4 Å². The molecule has 1 aromatic rings. The Morgan fingerprint density at radius 2 is 2.00 bits per heavy atom. The highest BCUT2D eigenvalue weighted by atomic mass is 16.2. The van der Waals surface area contributed by atoms with Gasteiger partial charge in [0.1, 0.15) is 0 Å². The first kappa shape index (κ1) is 13.8. The lowest BCUT2D eigenvalue weighted by molar-refractivity contribution is -0.117. The second-order valence-corrected chi connectivity index (χ2v) is 4.99. The fourth-order valence-corrected chi connectivity index (χ4v) is 2.23. The summed E-state index contributed by atoms with van der Waals surface area (Å²) in [6.07, 6.45) is 0. The first-order chi connectivity index (χ1) is 9.16. The van der Waals surface area contributed by atoms with Gasteiger partial charge < -0.3 is 15.5 Å². The lowest BCUT2D eigenvalue weighted by Crippen LogP contribution is -2.46. The molecule has 1 heterocycles. The highest BCUT2D eigenvalue weighted by molar-refractivity contribution is 5.95. The van der Waals surface area contributed by atoms with Gasteiger partial charge >= 0.3 is 0 Å². The molecule has 0 atom stereocenters. The van der Waals surface area contributed by atoms with Crippen LogP contribution in [0.15, 0.2) is 24.3 Å². The molecule has 0 aliphatic carbocycles. The van der Waals surface area contributed by atoms with Crippen molar-refractivity contribution in [2.24, 2.45) is 0 Å². The highest BCUT2D eigenvalue weighted by Crippen LogP contribution is 2.23. The number of anilines is 2. The molecule has 19 heavy (non-hydrogen) atoms. The fraction of sp³-hybridized carbons (Fsp3) is 0.500. The first-order valence-corrected chi connectivity index (χ1v) is 6.66. The molecule has 1 amide bonds. The average Bonchev–Trinajstić information content (AvgIpc) is 2.40. The maximum absolute atomic E-state index is 12.1. The van der Waals surface area contributed by atoms with Gasteiger partial charge in [-0.05, 0) is 12.1 Å². The Bertz CT molecular complexity index is 427. The SMILES string of the molecule is CN(C)c1ccccc1NC(=O)CN1CCNCC1. The summed E-state index contributed by atoms with van der Waals surface area (Å²) < 4.78 is 0. The van der Waals surface area contributed by atoms with Crippen LogP contribution in [0.3, 0.4) is 0 Å². The number of carbonyl (C=O) groups excluding carboxylic acids is 1. The van der Waals surface area contributed by atoms with Crippen LogP contribution in [-0.4, -0.2) is 57.6 Å². The standard InChI is InChI=1S/C14H22N4O/c1-17(2)13-6-4-3-5-12(13)16-14(19)11-18-9-7-15-8-10-18/h3-6,15H,7-11H2,1-2H3,(H,16,19). The number of piperazine rings is 1. The Morgan fingerprint density at radius 1 is 1.32 bits per heavy atom. The highest BCUT2D eigenvalue weighted by Gasteiger charge is 2.14. The third kappa shape index (κ3) is 3.94. The summed E-state index contributed by atoms with van der Waals surface area (Å²) in [6.45, 7) is 4.25. The maximum Gasteiger partial charge on any atom is 0.238 e. The van der Waals surface area contributed by atoms with Crippen LogP contribution in [0, 0.1) is 0 Å². The van der Waals surface area contributed by atoms with E-state index >= 15 is 0 Å². The predicted molar refractivity (Wildman–Crippen MR) is 78.7 cm³/mol. The number of nitrogens with one attached hydrogen (secondary N) is 2. The number of hydrogen-bond acceptors (Lipinski definition) is 4. The molecule has 0 radical (unpaired) electrons. The van der Waals surface area contributed by atoms with E-state index in [4.69, 9.17) is 0 Å². The van der Waals surface area contributed by atoms with Gasteiger partial charge in [0.15, 0.2) is 0 Å². The minimum Gasteiger partial charge on any atom is -0.376 e. The van der Waals surface area contributed by atoms with Crippen molar-refractivity contribution in [2.45, 2.75) is 0 Å². The Hall–Kier alpha value is -1.59. The second-order valence-electron chi connectivity index (χ2n) is 4.99. The summed E-state index contributed by atoms with van der Waals surface area (Å²) in [7, 11) is 3.95. The van der Waals surface area contributed by atoms with Crippen LogP contribution < -0.4 is 15.5 Å². The van der Waals surface area contributed by atoms with E-state index in [1.54, 1.807) is 0 Å². The number of nitrogens with zero attached hydrogens (tertiary/aromatic N) is 2. The van der Waals surface area contributed by atoms with Crippen molar-refractivity contribution in [3.05, 3.63) is 24.3 Å². The largest absolute Gasteiger partial charge is 0.376 e. The van der Waals surface area contributed by atoms with Crippen LogP contribution >= 0.6 is 0 Å². The quantitative estimate of drug-likeness (QED) is 0.834. The van der Waals surface area contributed by atoms with E-state index in [1.165, 1.54) is 0 Å². The monoisotopic (exact) mass is 262 g/mol. The van der Waals surface area contributed by atoms with Crippen LogP contribution in [0.25, 0.3) is 0 Å². The van der Waals surface area contributed by atoms with E-state index in [1.807, 2.05) is 43.3 Å². The van der Waals surface area contributed by atoms with Gasteiger partial charge in [-0.1, -0.05) is 12.1 Å². The minimum atomic E-state index is 0.0520. The fourth-order valence-electron chi connectivity index (χ4n) is 2.23. The number of benzene rings is 1. The number of para-hydroxylation sites is 2. The summed E-state index contributed by atoms with van der Waals surface area (Å²) >= 11 is 0. The normalized spacial score (nSPS) is 16.1.